The van der Waals surface area contributed by atoms with Gasteiger partial charge in [0.2, 0.25) is 0 Å². The van der Waals surface area contributed by atoms with Crippen LogP contribution in [0.4, 0.5) is 0 Å². The summed E-state index contributed by atoms with van der Waals surface area (Å²) in [6.45, 7) is 6.60. The van der Waals surface area contributed by atoms with Crippen molar-refractivity contribution >= 4 is 17.9 Å². The molecule has 0 aromatic rings. The summed E-state index contributed by atoms with van der Waals surface area (Å²) in [4.78, 5) is 38.0. The topological polar surface area (TPSA) is 78.9 Å². The first-order valence-corrected chi connectivity index (χ1v) is 27.1. The second-order valence-electron chi connectivity index (χ2n) is 18.1. The Labute approximate surface area is 390 Å². The Bertz CT molecular complexity index is 1110. The molecule has 0 heterocycles. The maximum atomic E-state index is 12.8. The predicted molar refractivity (Wildman–Crippen MR) is 270 cm³/mol. The lowest BCUT2D eigenvalue weighted by Crippen LogP contribution is -2.30. The molecular weight excluding hydrogens is 781 g/mol. The summed E-state index contributed by atoms with van der Waals surface area (Å²) < 4.78 is 16.8. The molecule has 0 aliphatic rings. The minimum absolute atomic E-state index is 0.0812. The van der Waals surface area contributed by atoms with Gasteiger partial charge >= 0.3 is 17.9 Å². The third kappa shape index (κ3) is 50.2. The molecule has 0 rings (SSSR count). The molecule has 0 bridgehead atoms. The third-order valence-corrected chi connectivity index (χ3v) is 11.8. The summed E-state index contributed by atoms with van der Waals surface area (Å²) in [5, 5.41) is 0. The molecule has 1 atom stereocenters. The van der Waals surface area contributed by atoms with Gasteiger partial charge in [0.05, 0.1) is 0 Å². The minimum atomic E-state index is -0.784. The Hall–Kier alpha value is -2.63. The van der Waals surface area contributed by atoms with Crippen molar-refractivity contribution in [1.82, 2.24) is 0 Å². The van der Waals surface area contributed by atoms with Gasteiger partial charge < -0.3 is 14.2 Å². The average Bonchev–Trinajstić information content (AvgIpc) is 3.28. The Balaban J connectivity index is 4.41. The monoisotopic (exact) mass is 883 g/mol. The molecule has 0 unspecified atom stereocenters. The van der Waals surface area contributed by atoms with Crippen LogP contribution in [0.3, 0.4) is 0 Å². The van der Waals surface area contributed by atoms with E-state index in [1.165, 1.54) is 141 Å². The Morgan fingerprint density at radius 3 is 0.937 bits per heavy atom. The van der Waals surface area contributed by atoms with Gasteiger partial charge in [-0.1, -0.05) is 223 Å². The van der Waals surface area contributed by atoms with Crippen LogP contribution in [0.5, 0.6) is 0 Å². The molecule has 0 fully saturated rings. The highest BCUT2D eigenvalue weighted by Crippen LogP contribution is 2.15. The van der Waals surface area contributed by atoms with E-state index in [4.69, 9.17) is 14.2 Å². The molecular formula is C57H102O6. The SMILES string of the molecule is CCCCC/C=C\C/C=C\C/C=C\CCCCCCC(=O)OC[C@H](COC(=O)CCCCCCCCCCCCCCC)OC(=O)CCCCCCC/C=C\CCCCCCCC. The number of hydrogen-bond acceptors (Lipinski definition) is 6. The van der Waals surface area contributed by atoms with Crippen LogP contribution in [-0.4, -0.2) is 37.2 Å². The first-order valence-electron chi connectivity index (χ1n) is 27.1. The first-order chi connectivity index (χ1) is 31.0. The maximum Gasteiger partial charge on any atom is 0.306 e. The van der Waals surface area contributed by atoms with Crippen LogP contribution in [0.15, 0.2) is 48.6 Å². The minimum Gasteiger partial charge on any atom is -0.462 e. The number of unbranched alkanes of at least 4 members (excludes halogenated alkanes) is 30. The highest BCUT2D eigenvalue weighted by atomic mass is 16.6. The van der Waals surface area contributed by atoms with Gasteiger partial charge in [-0.3, -0.25) is 14.4 Å². The van der Waals surface area contributed by atoms with Crippen LogP contribution in [0.1, 0.15) is 278 Å². The van der Waals surface area contributed by atoms with E-state index in [1.807, 2.05) is 0 Å². The van der Waals surface area contributed by atoms with Gasteiger partial charge in [-0.25, -0.2) is 0 Å². The lowest BCUT2D eigenvalue weighted by atomic mass is 10.0. The molecule has 0 saturated carbocycles. The van der Waals surface area contributed by atoms with Crippen LogP contribution in [-0.2, 0) is 28.6 Å². The normalized spacial score (nSPS) is 12.4. The molecule has 6 heteroatoms. The molecule has 0 radical (unpaired) electrons. The van der Waals surface area contributed by atoms with E-state index in [0.717, 1.165) is 96.3 Å². The molecule has 0 spiro atoms. The summed E-state index contributed by atoms with van der Waals surface area (Å²) in [7, 11) is 0. The van der Waals surface area contributed by atoms with Crippen LogP contribution >= 0.6 is 0 Å². The Morgan fingerprint density at radius 2 is 0.571 bits per heavy atom. The van der Waals surface area contributed by atoms with E-state index < -0.39 is 6.10 Å². The van der Waals surface area contributed by atoms with Crippen LogP contribution in [0.2, 0.25) is 0 Å². The Kier molecular flexibility index (Phi) is 49.8. The van der Waals surface area contributed by atoms with Gasteiger partial charge in [0.25, 0.3) is 0 Å². The fourth-order valence-corrected chi connectivity index (χ4v) is 7.68. The zero-order valence-corrected chi connectivity index (χ0v) is 41.8. The van der Waals surface area contributed by atoms with Gasteiger partial charge in [-0.2, -0.15) is 0 Å². The first kappa shape index (κ1) is 60.4. The molecule has 0 N–H and O–H groups in total. The second-order valence-corrected chi connectivity index (χ2v) is 18.1. The van der Waals surface area contributed by atoms with E-state index in [1.54, 1.807) is 0 Å². The predicted octanol–water partition coefficient (Wildman–Crippen LogP) is 17.9. The van der Waals surface area contributed by atoms with Gasteiger partial charge in [0.15, 0.2) is 6.10 Å². The van der Waals surface area contributed by atoms with Gasteiger partial charge in [0.1, 0.15) is 13.2 Å². The molecule has 6 nitrogen and oxygen atoms in total. The Morgan fingerprint density at radius 1 is 0.317 bits per heavy atom. The molecule has 63 heavy (non-hydrogen) atoms. The van der Waals surface area contributed by atoms with Gasteiger partial charge in [0, 0.05) is 19.3 Å². The van der Waals surface area contributed by atoms with Gasteiger partial charge in [-0.05, 0) is 83.5 Å². The highest BCUT2D eigenvalue weighted by Gasteiger charge is 2.19. The summed E-state index contributed by atoms with van der Waals surface area (Å²) in [5.41, 5.74) is 0. The van der Waals surface area contributed by atoms with Crippen molar-refractivity contribution in [3.8, 4) is 0 Å². The summed E-state index contributed by atoms with van der Waals surface area (Å²) in [6, 6.07) is 0. The largest absolute Gasteiger partial charge is 0.462 e. The maximum absolute atomic E-state index is 12.8. The average molecular weight is 883 g/mol. The molecule has 366 valence electrons. The second kappa shape index (κ2) is 52.0. The number of carbonyl (C=O) groups excluding carboxylic acids is 3. The lowest BCUT2D eigenvalue weighted by molar-refractivity contribution is -0.167. The van der Waals surface area contributed by atoms with Gasteiger partial charge in [-0.15, -0.1) is 0 Å². The van der Waals surface area contributed by atoms with E-state index in [-0.39, 0.29) is 31.1 Å². The lowest BCUT2D eigenvalue weighted by Gasteiger charge is -2.18. The van der Waals surface area contributed by atoms with Crippen LogP contribution in [0, 0.1) is 0 Å². The van der Waals surface area contributed by atoms with Crippen molar-refractivity contribution in [2.24, 2.45) is 0 Å². The third-order valence-electron chi connectivity index (χ3n) is 11.8. The van der Waals surface area contributed by atoms with Crippen LogP contribution in [0.25, 0.3) is 0 Å². The van der Waals surface area contributed by atoms with E-state index >= 15 is 0 Å². The smallest absolute Gasteiger partial charge is 0.306 e. The molecule has 0 aromatic carbocycles. The van der Waals surface area contributed by atoms with E-state index in [0.29, 0.717) is 19.3 Å². The quantitative estimate of drug-likeness (QED) is 0.0262. The summed E-state index contributed by atoms with van der Waals surface area (Å²) in [5.74, 6) is -0.902. The number of esters is 3. The van der Waals surface area contributed by atoms with Crippen molar-refractivity contribution in [2.45, 2.75) is 284 Å². The summed E-state index contributed by atoms with van der Waals surface area (Å²) >= 11 is 0. The van der Waals surface area contributed by atoms with Crippen molar-refractivity contribution in [3.63, 3.8) is 0 Å². The van der Waals surface area contributed by atoms with E-state index in [2.05, 4.69) is 69.4 Å². The zero-order chi connectivity index (χ0) is 45.8. The fraction of sp³-hybridized carbons (Fsp3) is 0.807. The molecule has 0 aliphatic carbocycles. The van der Waals surface area contributed by atoms with Crippen LogP contribution < -0.4 is 0 Å². The highest BCUT2D eigenvalue weighted by molar-refractivity contribution is 5.71. The van der Waals surface area contributed by atoms with Crippen molar-refractivity contribution in [2.75, 3.05) is 13.2 Å². The number of hydrogen-bond donors (Lipinski definition) is 0. The van der Waals surface area contributed by atoms with Crippen molar-refractivity contribution in [1.29, 1.82) is 0 Å². The fourth-order valence-electron chi connectivity index (χ4n) is 7.68. The summed E-state index contributed by atoms with van der Waals surface area (Å²) in [6.07, 6.45) is 62.3. The zero-order valence-electron chi connectivity index (χ0n) is 41.8. The van der Waals surface area contributed by atoms with Crippen molar-refractivity contribution < 1.29 is 28.6 Å². The number of allylic oxidation sites excluding steroid dienone is 8. The van der Waals surface area contributed by atoms with Crippen molar-refractivity contribution in [3.05, 3.63) is 48.6 Å². The number of rotatable bonds is 49. The number of carbonyl (C=O) groups is 3. The molecule has 0 aliphatic heterocycles. The van der Waals surface area contributed by atoms with E-state index in [9.17, 15) is 14.4 Å². The number of ether oxygens (including phenoxy) is 3. The molecule has 0 aromatic heterocycles. The molecule has 0 saturated heterocycles. The standard InChI is InChI=1S/C57H102O6/c1-4-7-10-13-16-19-22-25-27-28-30-32-35-38-41-44-47-50-56(59)62-53-54(52-61-55(58)49-46-43-40-37-34-31-24-21-18-15-12-9-6-3)63-57(60)51-48-45-42-39-36-33-29-26-23-20-17-14-11-8-5-2/h16,19,25-27,29-30,32,54H,4-15,17-18,20-24,28,31,33-53H2,1-3H3/b19-16-,27-25-,29-26-,32-30-/t54-/m0/s1. The molecule has 0 amide bonds.